The standard InChI is InChI=1S/C11H7IO2/c12-9-4-1-3-8(7-9)11(13)10-5-2-6-14-10/h1-7H. The summed E-state index contributed by atoms with van der Waals surface area (Å²) in [5.74, 6) is 0.306. The predicted octanol–water partition coefficient (Wildman–Crippen LogP) is 3.12. The van der Waals surface area contributed by atoms with Crippen molar-refractivity contribution in [1.82, 2.24) is 0 Å². The monoisotopic (exact) mass is 298 g/mol. The molecule has 0 atom stereocenters. The summed E-state index contributed by atoms with van der Waals surface area (Å²) in [6.45, 7) is 0. The molecule has 1 heterocycles. The van der Waals surface area contributed by atoms with E-state index in [-0.39, 0.29) is 5.78 Å². The summed E-state index contributed by atoms with van der Waals surface area (Å²) >= 11 is 2.17. The second-order valence-corrected chi connectivity index (χ2v) is 4.06. The fourth-order valence-electron chi connectivity index (χ4n) is 1.18. The van der Waals surface area contributed by atoms with Crippen LogP contribution in [0.4, 0.5) is 0 Å². The summed E-state index contributed by atoms with van der Waals surface area (Å²) in [5, 5.41) is 0. The zero-order valence-corrected chi connectivity index (χ0v) is 9.39. The summed E-state index contributed by atoms with van der Waals surface area (Å²) in [5.41, 5.74) is 0.659. The highest BCUT2D eigenvalue weighted by Gasteiger charge is 2.11. The first-order valence-corrected chi connectivity index (χ1v) is 5.19. The van der Waals surface area contributed by atoms with Gasteiger partial charge < -0.3 is 4.42 Å². The number of hydrogen-bond donors (Lipinski definition) is 0. The SMILES string of the molecule is O=C(c1cccc(I)c1)c1ccco1. The first-order chi connectivity index (χ1) is 6.77. The molecule has 3 heteroatoms. The van der Waals surface area contributed by atoms with E-state index >= 15 is 0 Å². The molecule has 0 spiro atoms. The van der Waals surface area contributed by atoms with Crippen molar-refractivity contribution >= 4 is 28.4 Å². The molecule has 70 valence electrons. The van der Waals surface area contributed by atoms with Crippen LogP contribution in [0, 0.1) is 3.57 Å². The summed E-state index contributed by atoms with van der Waals surface area (Å²) in [6, 6.07) is 10.8. The lowest BCUT2D eigenvalue weighted by molar-refractivity contribution is 0.101. The number of carbonyl (C=O) groups excluding carboxylic acids is 1. The molecular weight excluding hydrogens is 291 g/mol. The Bertz CT molecular complexity index is 446. The lowest BCUT2D eigenvalue weighted by Crippen LogP contribution is -1.99. The normalized spacial score (nSPS) is 10.1. The fraction of sp³-hybridized carbons (Fsp3) is 0. The van der Waals surface area contributed by atoms with Gasteiger partial charge in [0, 0.05) is 9.13 Å². The maximum atomic E-state index is 11.8. The molecule has 1 aromatic carbocycles. The summed E-state index contributed by atoms with van der Waals surface area (Å²) in [4.78, 5) is 11.8. The molecule has 0 radical (unpaired) electrons. The van der Waals surface area contributed by atoms with Crippen LogP contribution in [-0.2, 0) is 0 Å². The van der Waals surface area contributed by atoms with Crippen LogP contribution in [-0.4, -0.2) is 5.78 Å². The Labute approximate surface area is 95.1 Å². The number of ketones is 1. The van der Waals surface area contributed by atoms with Crippen molar-refractivity contribution in [2.45, 2.75) is 0 Å². The van der Waals surface area contributed by atoms with Crippen LogP contribution >= 0.6 is 22.6 Å². The molecule has 0 aliphatic heterocycles. The molecule has 0 fully saturated rings. The minimum Gasteiger partial charge on any atom is -0.461 e. The Morgan fingerprint density at radius 1 is 1.21 bits per heavy atom. The quantitative estimate of drug-likeness (QED) is 0.630. The molecule has 0 amide bonds. The third kappa shape index (κ3) is 1.87. The van der Waals surface area contributed by atoms with Gasteiger partial charge in [0.1, 0.15) is 0 Å². The Hall–Kier alpha value is -1.10. The maximum Gasteiger partial charge on any atom is 0.228 e. The minimum atomic E-state index is -0.0754. The summed E-state index contributed by atoms with van der Waals surface area (Å²) < 4.78 is 6.08. The third-order valence-corrected chi connectivity index (χ3v) is 2.50. The number of carbonyl (C=O) groups is 1. The molecule has 0 N–H and O–H groups in total. The van der Waals surface area contributed by atoms with Crippen molar-refractivity contribution < 1.29 is 9.21 Å². The van der Waals surface area contributed by atoms with Crippen LogP contribution in [0.1, 0.15) is 16.1 Å². The number of hydrogen-bond acceptors (Lipinski definition) is 2. The average molecular weight is 298 g/mol. The molecular formula is C11H7IO2. The molecule has 0 aliphatic carbocycles. The molecule has 0 saturated carbocycles. The van der Waals surface area contributed by atoms with Crippen molar-refractivity contribution in [3.63, 3.8) is 0 Å². The van der Waals surface area contributed by atoms with Crippen molar-refractivity contribution in [3.8, 4) is 0 Å². The number of benzene rings is 1. The minimum absolute atomic E-state index is 0.0754. The van der Waals surface area contributed by atoms with E-state index in [1.807, 2.05) is 18.2 Å². The molecule has 0 unspecified atom stereocenters. The van der Waals surface area contributed by atoms with Crippen LogP contribution in [0.5, 0.6) is 0 Å². The van der Waals surface area contributed by atoms with Gasteiger partial charge in [0.15, 0.2) is 5.76 Å². The molecule has 0 bridgehead atoms. The van der Waals surface area contributed by atoms with Gasteiger partial charge in [-0.1, -0.05) is 12.1 Å². The van der Waals surface area contributed by atoms with Gasteiger partial charge >= 0.3 is 0 Å². The Balaban J connectivity index is 2.37. The van der Waals surface area contributed by atoms with E-state index in [9.17, 15) is 4.79 Å². The van der Waals surface area contributed by atoms with Gasteiger partial charge in [-0.3, -0.25) is 4.79 Å². The first kappa shape index (κ1) is 9.45. The number of halogens is 1. The molecule has 1 aromatic heterocycles. The van der Waals surface area contributed by atoms with Crippen LogP contribution < -0.4 is 0 Å². The maximum absolute atomic E-state index is 11.8. The zero-order chi connectivity index (χ0) is 9.97. The van der Waals surface area contributed by atoms with Gasteiger partial charge in [-0.2, -0.15) is 0 Å². The Morgan fingerprint density at radius 3 is 2.71 bits per heavy atom. The summed E-state index contributed by atoms with van der Waals surface area (Å²) in [6.07, 6.45) is 1.50. The van der Waals surface area contributed by atoms with Gasteiger partial charge in [-0.05, 0) is 46.9 Å². The fourth-order valence-corrected chi connectivity index (χ4v) is 1.72. The number of furan rings is 1. The van der Waals surface area contributed by atoms with E-state index in [4.69, 9.17) is 4.42 Å². The Kier molecular flexibility index (Phi) is 2.67. The highest BCUT2D eigenvalue weighted by molar-refractivity contribution is 14.1. The third-order valence-electron chi connectivity index (χ3n) is 1.83. The highest BCUT2D eigenvalue weighted by Crippen LogP contribution is 2.13. The molecule has 2 aromatic rings. The predicted molar refractivity (Wildman–Crippen MR) is 61.3 cm³/mol. The van der Waals surface area contributed by atoms with E-state index in [1.165, 1.54) is 6.26 Å². The topological polar surface area (TPSA) is 30.2 Å². The van der Waals surface area contributed by atoms with Crippen molar-refractivity contribution in [3.05, 3.63) is 57.6 Å². The molecule has 14 heavy (non-hydrogen) atoms. The van der Waals surface area contributed by atoms with Gasteiger partial charge in [-0.25, -0.2) is 0 Å². The lowest BCUT2D eigenvalue weighted by atomic mass is 10.1. The van der Waals surface area contributed by atoms with Crippen LogP contribution in [0.3, 0.4) is 0 Å². The smallest absolute Gasteiger partial charge is 0.228 e. The molecule has 2 nitrogen and oxygen atoms in total. The van der Waals surface area contributed by atoms with Crippen LogP contribution in [0.25, 0.3) is 0 Å². The number of rotatable bonds is 2. The molecule has 0 saturated heterocycles. The van der Waals surface area contributed by atoms with E-state index in [2.05, 4.69) is 22.6 Å². The van der Waals surface area contributed by atoms with E-state index < -0.39 is 0 Å². The van der Waals surface area contributed by atoms with Gasteiger partial charge in [0.05, 0.1) is 6.26 Å². The first-order valence-electron chi connectivity index (χ1n) is 4.11. The van der Waals surface area contributed by atoms with Crippen molar-refractivity contribution in [1.29, 1.82) is 0 Å². The van der Waals surface area contributed by atoms with Gasteiger partial charge in [-0.15, -0.1) is 0 Å². The average Bonchev–Trinajstić information content (AvgIpc) is 2.69. The van der Waals surface area contributed by atoms with Gasteiger partial charge in [0.2, 0.25) is 5.78 Å². The van der Waals surface area contributed by atoms with Crippen LogP contribution in [0.2, 0.25) is 0 Å². The highest BCUT2D eigenvalue weighted by atomic mass is 127. The molecule has 0 aliphatic rings. The second kappa shape index (κ2) is 3.96. The Morgan fingerprint density at radius 2 is 2.07 bits per heavy atom. The zero-order valence-electron chi connectivity index (χ0n) is 7.24. The van der Waals surface area contributed by atoms with E-state index in [0.29, 0.717) is 11.3 Å². The molecule has 2 rings (SSSR count). The van der Waals surface area contributed by atoms with Crippen molar-refractivity contribution in [2.24, 2.45) is 0 Å². The lowest BCUT2D eigenvalue weighted by Gasteiger charge is -1.97. The van der Waals surface area contributed by atoms with Gasteiger partial charge in [0.25, 0.3) is 0 Å². The summed E-state index contributed by atoms with van der Waals surface area (Å²) in [7, 11) is 0. The van der Waals surface area contributed by atoms with Crippen molar-refractivity contribution in [2.75, 3.05) is 0 Å². The largest absolute Gasteiger partial charge is 0.461 e. The van der Waals surface area contributed by atoms with E-state index in [1.54, 1.807) is 18.2 Å². The second-order valence-electron chi connectivity index (χ2n) is 2.82. The van der Waals surface area contributed by atoms with Crippen LogP contribution in [0.15, 0.2) is 47.1 Å². The van der Waals surface area contributed by atoms with E-state index in [0.717, 1.165) is 3.57 Å².